The van der Waals surface area contributed by atoms with E-state index in [2.05, 4.69) is 10.4 Å². The number of carbonyl (C=O) groups excluding carboxylic acids is 1. The third-order valence-corrected chi connectivity index (χ3v) is 2.72. The van der Waals surface area contributed by atoms with Gasteiger partial charge in [-0.3, -0.25) is 9.48 Å². The Bertz CT molecular complexity index is 477. The first-order valence-electron chi connectivity index (χ1n) is 5.08. The van der Waals surface area contributed by atoms with Crippen LogP contribution in [0.4, 0.5) is 5.82 Å². The molecule has 0 aliphatic heterocycles. The normalized spacial score (nSPS) is 11.3. The number of aryl methyl sites for hydroxylation is 2. The molecule has 0 aliphatic rings. The second-order valence-corrected chi connectivity index (χ2v) is 4.85. The number of rotatable bonds is 4. The van der Waals surface area contributed by atoms with Crippen molar-refractivity contribution in [3.8, 4) is 0 Å². The molecule has 1 heterocycles. The Morgan fingerprint density at radius 1 is 1.47 bits per heavy atom. The zero-order chi connectivity index (χ0) is 13.4. The van der Waals surface area contributed by atoms with Gasteiger partial charge in [-0.15, -0.1) is 0 Å². The molecule has 17 heavy (non-hydrogen) atoms. The fraction of sp³-hybridized carbons (Fsp3) is 0.500. The van der Waals surface area contributed by atoms with Gasteiger partial charge in [0, 0.05) is 7.05 Å². The smallest absolute Gasteiger partial charge is 0.242 e. The van der Waals surface area contributed by atoms with Gasteiger partial charge in [0.25, 0.3) is 0 Å². The first kappa shape index (κ1) is 13.4. The van der Waals surface area contributed by atoms with Gasteiger partial charge in [-0.05, 0) is 20.8 Å². The molecule has 1 rings (SSSR count). The molecule has 0 saturated heterocycles. The Kier molecular flexibility index (Phi) is 3.42. The van der Waals surface area contributed by atoms with E-state index < -0.39 is 11.4 Å². The van der Waals surface area contributed by atoms with E-state index in [1.807, 2.05) is 0 Å². The van der Waals surface area contributed by atoms with Gasteiger partial charge in [0.1, 0.15) is 16.3 Å². The van der Waals surface area contributed by atoms with Crippen LogP contribution in [-0.4, -0.2) is 26.2 Å². The summed E-state index contributed by atoms with van der Waals surface area (Å²) in [5.41, 5.74) is 11.4. The largest absolute Gasteiger partial charge is 0.389 e. The molecule has 0 aromatic carbocycles. The lowest BCUT2D eigenvalue weighted by molar-refractivity contribution is -0.121. The lowest BCUT2D eigenvalue weighted by atomic mass is 10.0. The highest BCUT2D eigenvalue weighted by molar-refractivity contribution is 7.80. The first-order chi connectivity index (χ1) is 7.66. The average Bonchev–Trinajstić information content (AvgIpc) is 2.40. The zero-order valence-electron chi connectivity index (χ0n) is 10.4. The maximum atomic E-state index is 11.3. The van der Waals surface area contributed by atoms with Crippen molar-refractivity contribution < 1.29 is 4.79 Å². The number of aromatic nitrogens is 2. The van der Waals surface area contributed by atoms with Crippen LogP contribution in [0.5, 0.6) is 0 Å². The van der Waals surface area contributed by atoms with Crippen molar-refractivity contribution in [1.82, 2.24) is 9.78 Å². The number of anilines is 1. The lowest BCUT2D eigenvalue weighted by Gasteiger charge is -2.24. The van der Waals surface area contributed by atoms with Crippen LogP contribution < -0.4 is 16.8 Å². The van der Waals surface area contributed by atoms with Crippen molar-refractivity contribution in [2.24, 2.45) is 18.5 Å². The number of hydrogen-bond acceptors (Lipinski definition) is 4. The van der Waals surface area contributed by atoms with E-state index in [-0.39, 0.29) is 4.99 Å². The van der Waals surface area contributed by atoms with Crippen LogP contribution in [0, 0.1) is 6.92 Å². The zero-order valence-corrected chi connectivity index (χ0v) is 11.2. The van der Waals surface area contributed by atoms with Gasteiger partial charge in [0.15, 0.2) is 0 Å². The molecule has 0 spiro atoms. The molecule has 0 saturated carbocycles. The molecule has 94 valence electrons. The number of nitrogens with zero attached hydrogens (tertiary/aromatic N) is 2. The molecular weight excluding hydrogens is 238 g/mol. The van der Waals surface area contributed by atoms with Crippen LogP contribution in [0.3, 0.4) is 0 Å². The number of carbonyl (C=O) groups is 1. The second kappa shape index (κ2) is 4.33. The highest BCUT2D eigenvalue weighted by Crippen LogP contribution is 2.22. The number of amides is 1. The lowest BCUT2D eigenvalue weighted by Crippen LogP contribution is -2.45. The van der Waals surface area contributed by atoms with E-state index in [4.69, 9.17) is 23.7 Å². The van der Waals surface area contributed by atoms with Crippen LogP contribution in [0.25, 0.3) is 0 Å². The third kappa shape index (κ3) is 2.55. The average molecular weight is 255 g/mol. The summed E-state index contributed by atoms with van der Waals surface area (Å²) in [6, 6.07) is 0. The van der Waals surface area contributed by atoms with Crippen molar-refractivity contribution in [3.63, 3.8) is 0 Å². The molecule has 1 aromatic rings. The van der Waals surface area contributed by atoms with Crippen LogP contribution in [0.15, 0.2) is 0 Å². The van der Waals surface area contributed by atoms with E-state index in [0.717, 1.165) is 0 Å². The number of thiocarbonyl (C=S) groups is 1. The molecule has 5 N–H and O–H groups in total. The molecular formula is C10H17N5OS. The van der Waals surface area contributed by atoms with Gasteiger partial charge in [-0.25, -0.2) is 0 Å². The summed E-state index contributed by atoms with van der Waals surface area (Å²) in [6.07, 6.45) is 0. The molecule has 0 unspecified atom stereocenters. The van der Waals surface area contributed by atoms with Gasteiger partial charge >= 0.3 is 0 Å². The van der Waals surface area contributed by atoms with Crippen molar-refractivity contribution in [3.05, 3.63) is 11.3 Å². The van der Waals surface area contributed by atoms with E-state index in [1.165, 1.54) is 0 Å². The van der Waals surface area contributed by atoms with Crippen molar-refractivity contribution in [2.45, 2.75) is 26.3 Å². The summed E-state index contributed by atoms with van der Waals surface area (Å²) in [4.78, 5) is 11.5. The van der Waals surface area contributed by atoms with Crippen LogP contribution in [0.2, 0.25) is 0 Å². The van der Waals surface area contributed by atoms with Crippen LogP contribution in [0.1, 0.15) is 25.1 Å². The summed E-state index contributed by atoms with van der Waals surface area (Å²) in [5.74, 6) is 0.129. The minimum atomic E-state index is -0.903. The van der Waals surface area contributed by atoms with E-state index in [1.54, 1.807) is 32.5 Å². The predicted molar refractivity (Wildman–Crippen MR) is 70.7 cm³/mol. The summed E-state index contributed by atoms with van der Waals surface area (Å²) in [5, 5.41) is 7.23. The van der Waals surface area contributed by atoms with Gasteiger partial charge in [-0.1, -0.05) is 12.2 Å². The van der Waals surface area contributed by atoms with E-state index in [0.29, 0.717) is 17.1 Å². The standard InChI is InChI=1S/C10H17N5OS/c1-5-6(7(11)17)8(15(4)14-5)13-10(2,3)9(12)16/h13H,1-4H3,(H2,11,17)(H2,12,16). The fourth-order valence-corrected chi connectivity index (χ4v) is 1.70. The minimum Gasteiger partial charge on any atom is -0.389 e. The first-order valence-corrected chi connectivity index (χ1v) is 5.49. The quantitative estimate of drug-likeness (QED) is 0.660. The molecule has 6 nitrogen and oxygen atoms in total. The molecule has 0 aliphatic carbocycles. The van der Waals surface area contributed by atoms with Crippen molar-refractivity contribution in [1.29, 1.82) is 0 Å². The van der Waals surface area contributed by atoms with Gasteiger partial charge < -0.3 is 16.8 Å². The second-order valence-electron chi connectivity index (χ2n) is 4.41. The summed E-state index contributed by atoms with van der Waals surface area (Å²) in [6.45, 7) is 5.17. The van der Waals surface area contributed by atoms with Crippen LogP contribution >= 0.6 is 12.2 Å². The van der Waals surface area contributed by atoms with Gasteiger partial charge in [-0.2, -0.15) is 5.10 Å². The molecule has 0 fully saturated rings. The van der Waals surface area contributed by atoms with Crippen molar-refractivity contribution in [2.75, 3.05) is 5.32 Å². The van der Waals surface area contributed by atoms with Gasteiger partial charge in [0.05, 0.1) is 11.3 Å². The minimum absolute atomic E-state index is 0.235. The Labute approximate surface area is 105 Å². The van der Waals surface area contributed by atoms with E-state index in [9.17, 15) is 4.79 Å². The highest BCUT2D eigenvalue weighted by Gasteiger charge is 2.28. The molecule has 0 radical (unpaired) electrons. The highest BCUT2D eigenvalue weighted by atomic mass is 32.1. The van der Waals surface area contributed by atoms with Gasteiger partial charge in [0.2, 0.25) is 5.91 Å². The summed E-state index contributed by atoms with van der Waals surface area (Å²) >= 11 is 4.97. The third-order valence-electron chi connectivity index (χ3n) is 2.52. The number of primary amides is 1. The van der Waals surface area contributed by atoms with E-state index >= 15 is 0 Å². The maximum absolute atomic E-state index is 11.3. The number of nitrogens with two attached hydrogens (primary N) is 2. The maximum Gasteiger partial charge on any atom is 0.242 e. The number of hydrogen-bond donors (Lipinski definition) is 3. The Hall–Kier alpha value is -1.63. The number of nitrogens with one attached hydrogen (secondary N) is 1. The van der Waals surface area contributed by atoms with Crippen molar-refractivity contribution >= 4 is 28.9 Å². The Morgan fingerprint density at radius 3 is 2.41 bits per heavy atom. The predicted octanol–water partition coefficient (Wildman–Crippen LogP) is 0.0385. The fourth-order valence-electron chi connectivity index (χ4n) is 1.45. The molecule has 0 bridgehead atoms. The SMILES string of the molecule is Cc1nn(C)c(NC(C)(C)C(N)=O)c1C(N)=S. The summed E-state index contributed by atoms with van der Waals surface area (Å²) < 4.78 is 1.59. The Balaban J connectivity index is 3.23. The monoisotopic (exact) mass is 255 g/mol. The molecule has 1 aromatic heterocycles. The molecule has 7 heteroatoms. The Morgan fingerprint density at radius 2 is 2.00 bits per heavy atom. The topological polar surface area (TPSA) is 99.0 Å². The molecule has 0 atom stereocenters. The summed E-state index contributed by atoms with van der Waals surface area (Å²) in [7, 11) is 1.74. The molecule has 1 amide bonds. The van der Waals surface area contributed by atoms with Crippen LogP contribution in [-0.2, 0) is 11.8 Å².